The topological polar surface area (TPSA) is 92.8 Å². The number of carbonyl (C=O) groups excluding carboxylic acids is 2. The van der Waals surface area contributed by atoms with Gasteiger partial charge in [0.25, 0.3) is 0 Å². The first kappa shape index (κ1) is 16.4. The fourth-order valence-electron chi connectivity index (χ4n) is 1.90. The van der Waals surface area contributed by atoms with Crippen molar-refractivity contribution in [2.45, 2.75) is 20.4 Å². The number of benzene rings is 1. The van der Waals surface area contributed by atoms with Crippen molar-refractivity contribution < 1.29 is 22.7 Å². The summed E-state index contributed by atoms with van der Waals surface area (Å²) in [7, 11) is -3.74. The lowest BCUT2D eigenvalue weighted by Crippen LogP contribution is -2.29. The number of nitrogens with one attached hydrogen (secondary N) is 1. The molecule has 1 aliphatic rings. The third-order valence-electron chi connectivity index (χ3n) is 3.00. The van der Waals surface area contributed by atoms with Crippen molar-refractivity contribution in [1.29, 1.82) is 0 Å². The van der Waals surface area contributed by atoms with Gasteiger partial charge in [-0.3, -0.25) is 4.79 Å². The number of hydrogen-bond acceptors (Lipinski definition) is 5. The average Bonchev–Trinajstić information content (AvgIpc) is 2.69. The summed E-state index contributed by atoms with van der Waals surface area (Å²) in [5.41, 5.74) is 1.09. The molecule has 1 N–H and O–H groups in total. The summed E-state index contributed by atoms with van der Waals surface area (Å²) >= 11 is 0. The first-order valence-electron chi connectivity index (χ1n) is 6.84. The molecule has 0 spiro atoms. The summed E-state index contributed by atoms with van der Waals surface area (Å²) in [6.07, 6.45) is 0. The molecule has 0 aromatic heterocycles. The van der Waals surface area contributed by atoms with Crippen LogP contribution in [0.2, 0.25) is 0 Å². The Balaban J connectivity index is 2.00. The number of amides is 1. The molecule has 7 nitrogen and oxygen atoms in total. The highest BCUT2D eigenvalue weighted by Crippen LogP contribution is 2.14. The van der Waals surface area contributed by atoms with Crippen LogP contribution >= 0.6 is 0 Å². The van der Waals surface area contributed by atoms with Gasteiger partial charge in [0.1, 0.15) is 0 Å². The molecule has 2 rings (SSSR count). The molecule has 0 aliphatic carbocycles. The van der Waals surface area contributed by atoms with Crippen LogP contribution in [0.3, 0.4) is 0 Å². The fraction of sp³-hybridized carbons (Fsp3) is 0.429. The molecule has 1 heterocycles. The summed E-state index contributed by atoms with van der Waals surface area (Å²) in [6, 6.07) is 6.44. The maximum absolute atomic E-state index is 11.8. The minimum Gasteiger partial charge on any atom is -0.462 e. The Morgan fingerprint density at radius 2 is 1.95 bits per heavy atom. The van der Waals surface area contributed by atoms with Gasteiger partial charge in [-0.15, -0.1) is 0 Å². The molecule has 0 bridgehead atoms. The molecule has 8 heteroatoms. The maximum atomic E-state index is 11.8. The molecule has 0 radical (unpaired) electrons. The summed E-state index contributed by atoms with van der Waals surface area (Å²) in [4.78, 5) is 22.9. The van der Waals surface area contributed by atoms with Gasteiger partial charge in [0.05, 0.1) is 18.7 Å². The largest absolute Gasteiger partial charge is 0.462 e. The first-order chi connectivity index (χ1) is 10.3. The third-order valence-corrected chi connectivity index (χ3v) is 4.42. The SMILES string of the molecule is CC(C)COC(=O)c1ccc(CN2CC(=O)NS2(=O)=O)cc1. The smallest absolute Gasteiger partial charge is 0.338 e. The second-order valence-electron chi connectivity index (χ2n) is 5.49. The highest BCUT2D eigenvalue weighted by Gasteiger charge is 2.33. The minimum absolute atomic E-state index is 0.0718. The number of esters is 1. The molecule has 120 valence electrons. The van der Waals surface area contributed by atoms with Crippen molar-refractivity contribution in [1.82, 2.24) is 9.03 Å². The van der Waals surface area contributed by atoms with Gasteiger partial charge in [0, 0.05) is 6.54 Å². The van der Waals surface area contributed by atoms with E-state index in [-0.39, 0.29) is 19.0 Å². The quantitative estimate of drug-likeness (QED) is 0.803. The second kappa shape index (κ2) is 6.45. The van der Waals surface area contributed by atoms with Crippen LogP contribution in [0.4, 0.5) is 0 Å². The van der Waals surface area contributed by atoms with Crippen LogP contribution in [0.15, 0.2) is 24.3 Å². The predicted molar refractivity (Wildman–Crippen MR) is 79.0 cm³/mol. The Morgan fingerprint density at radius 1 is 1.32 bits per heavy atom. The normalized spacial score (nSPS) is 17.5. The number of carbonyl (C=O) groups is 2. The number of ether oxygens (including phenoxy) is 1. The van der Waals surface area contributed by atoms with E-state index in [1.54, 1.807) is 24.3 Å². The van der Waals surface area contributed by atoms with Gasteiger partial charge in [-0.2, -0.15) is 12.7 Å². The van der Waals surface area contributed by atoms with Gasteiger partial charge in [-0.1, -0.05) is 26.0 Å². The van der Waals surface area contributed by atoms with Crippen molar-refractivity contribution in [2.24, 2.45) is 5.92 Å². The summed E-state index contributed by atoms with van der Waals surface area (Å²) in [5.74, 6) is -0.701. The molecule has 1 aliphatic heterocycles. The molecular formula is C14H18N2O5S. The monoisotopic (exact) mass is 326 g/mol. The molecular weight excluding hydrogens is 308 g/mol. The van der Waals surface area contributed by atoms with Gasteiger partial charge in [0.2, 0.25) is 5.91 Å². The Morgan fingerprint density at radius 3 is 2.45 bits per heavy atom. The molecule has 1 saturated heterocycles. The molecule has 1 amide bonds. The van der Waals surface area contributed by atoms with E-state index in [1.807, 2.05) is 18.6 Å². The van der Waals surface area contributed by atoms with E-state index in [1.165, 1.54) is 0 Å². The lowest BCUT2D eigenvalue weighted by atomic mass is 10.1. The fourth-order valence-corrected chi connectivity index (χ4v) is 2.99. The standard InChI is InChI=1S/C14H18N2O5S/c1-10(2)9-21-14(18)12-5-3-11(4-6-12)7-16-8-13(17)15-22(16,19)20/h3-6,10H,7-9H2,1-2H3,(H,15,17). The number of nitrogens with zero attached hydrogens (tertiary/aromatic N) is 1. The Hall–Kier alpha value is -1.93. The van der Waals surface area contributed by atoms with E-state index in [9.17, 15) is 18.0 Å². The van der Waals surface area contributed by atoms with Crippen molar-refractivity contribution >= 4 is 22.1 Å². The number of rotatable bonds is 5. The number of hydrogen-bond donors (Lipinski definition) is 1. The van der Waals surface area contributed by atoms with Crippen LogP contribution in [0.25, 0.3) is 0 Å². The summed E-state index contributed by atoms with van der Waals surface area (Å²) < 4.78 is 31.3. The Bertz CT molecular complexity index is 667. The molecule has 1 aromatic rings. The molecule has 0 unspecified atom stereocenters. The molecule has 22 heavy (non-hydrogen) atoms. The zero-order valence-electron chi connectivity index (χ0n) is 12.4. The lowest BCUT2D eigenvalue weighted by Gasteiger charge is -2.12. The van der Waals surface area contributed by atoms with Gasteiger partial charge in [0.15, 0.2) is 0 Å². The molecule has 0 atom stereocenters. The van der Waals surface area contributed by atoms with Crippen LogP contribution in [0.1, 0.15) is 29.8 Å². The van der Waals surface area contributed by atoms with Gasteiger partial charge in [-0.25, -0.2) is 9.52 Å². The zero-order chi connectivity index (χ0) is 16.3. The van der Waals surface area contributed by atoms with Crippen molar-refractivity contribution in [3.05, 3.63) is 35.4 Å². The van der Waals surface area contributed by atoms with Crippen LogP contribution in [0, 0.1) is 5.92 Å². The van der Waals surface area contributed by atoms with Gasteiger partial charge >= 0.3 is 16.2 Å². The van der Waals surface area contributed by atoms with Crippen LogP contribution in [-0.2, 0) is 26.3 Å². The minimum atomic E-state index is -3.74. The lowest BCUT2D eigenvalue weighted by molar-refractivity contribution is -0.118. The van der Waals surface area contributed by atoms with E-state index in [0.29, 0.717) is 17.7 Å². The van der Waals surface area contributed by atoms with E-state index in [4.69, 9.17) is 4.74 Å². The van der Waals surface area contributed by atoms with Crippen molar-refractivity contribution in [3.8, 4) is 0 Å². The van der Waals surface area contributed by atoms with Crippen molar-refractivity contribution in [2.75, 3.05) is 13.2 Å². The highest BCUT2D eigenvalue weighted by molar-refractivity contribution is 7.88. The van der Waals surface area contributed by atoms with Crippen molar-refractivity contribution in [3.63, 3.8) is 0 Å². The molecule has 1 fully saturated rings. The molecule has 1 aromatic carbocycles. The summed E-state index contributed by atoms with van der Waals surface area (Å²) in [5, 5.41) is 0. The van der Waals surface area contributed by atoms with Crippen LogP contribution < -0.4 is 4.72 Å². The third kappa shape index (κ3) is 4.05. The summed E-state index contributed by atoms with van der Waals surface area (Å²) in [6.45, 7) is 4.12. The van der Waals surface area contributed by atoms with E-state index in [2.05, 4.69) is 0 Å². The van der Waals surface area contributed by atoms with E-state index >= 15 is 0 Å². The van der Waals surface area contributed by atoms with Crippen LogP contribution in [0.5, 0.6) is 0 Å². The van der Waals surface area contributed by atoms with Gasteiger partial charge < -0.3 is 4.74 Å². The van der Waals surface area contributed by atoms with E-state index < -0.39 is 22.1 Å². The van der Waals surface area contributed by atoms with Gasteiger partial charge in [-0.05, 0) is 23.6 Å². The zero-order valence-corrected chi connectivity index (χ0v) is 13.2. The predicted octanol–water partition coefficient (Wildman–Crippen LogP) is 0.676. The highest BCUT2D eigenvalue weighted by atomic mass is 32.2. The average molecular weight is 326 g/mol. The first-order valence-corrected chi connectivity index (χ1v) is 8.29. The Kier molecular flexibility index (Phi) is 4.82. The van der Waals surface area contributed by atoms with Crippen LogP contribution in [-0.4, -0.2) is 37.8 Å². The maximum Gasteiger partial charge on any atom is 0.338 e. The van der Waals surface area contributed by atoms with E-state index in [0.717, 1.165) is 4.31 Å². The second-order valence-corrected chi connectivity index (χ2v) is 7.16. The Labute approximate surface area is 129 Å². The molecule has 0 saturated carbocycles.